The van der Waals surface area contributed by atoms with Crippen LogP contribution in [0.1, 0.15) is 39.5 Å². The van der Waals surface area contributed by atoms with Crippen molar-refractivity contribution in [1.29, 1.82) is 0 Å². The highest BCUT2D eigenvalue weighted by Gasteiger charge is 2.33. The molecule has 104 valence electrons. The Labute approximate surface area is 110 Å². The highest BCUT2D eigenvalue weighted by Crippen LogP contribution is 2.25. The third-order valence-corrected chi connectivity index (χ3v) is 3.93. The van der Waals surface area contributed by atoms with E-state index in [0.717, 1.165) is 25.9 Å². The number of piperidine rings is 1. The first-order valence-corrected chi connectivity index (χ1v) is 7.25. The maximum absolute atomic E-state index is 12.1. The van der Waals surface area contributed by atoms with Crippen molar-refractivity contribution >= 4 is 5.91 Å². The molecule has 1 heterocycles. The molecule has 2 atom stereocenters. The molecule has 0 radical (unpaired) electrons. The minimum absolute atomic E-state index is 0.0689. The Morgan fingerprint density at radius 1 is 1.33 bits per heavy atom. The van der Waals surface area contributed by atoms with Crippen LogP contribution in [0.5, 0.6) is 0 Å². The number of rotatable bonds is 5. The standard InChI is InChI=1S/C14H26N2O2/c1-10(2)14(18)16-8-11(5-6-17)7-13(9-16)15-12-3-4-12/h10-13,15,17H,3-9H2,1-2H3. The van der Waals surface area contributed by atoms with E-state index in [-0.39, 0.29) is 18.4 Å². The van der Waals surface area contributed by atoms with Gasteiger partial charge in [-0.25, -0.2) is 0 Å². The molecule has 2 N–H and O–H groups in total. The number of aliphatic hydroxyl groups is 1. The Morgan fingerprint density at radius 3 is 2.61 bits per heavy atom. The van der Waals surface area contributed by atoms with Crippen molar-refractivity contribution < 1.29 is 9.90 Å². The van der Waals surface area contributed by atoms with Gasteiger partial charge in [0.05, 0.1) is 0 Å². The monoisotopic (exact) mass is 254 g/mol. The lowest BCUT2D eigenvalue weighted by molar-refractivity contribution is -0.137. The summed E-state index contributed by atoms with van der Waals surface area (Å²) in [5.41, 5.74) is 0. The fourth-order valence-electron chi connectivity index (χ4n) is 2.84. The summed E-state index contributed by atoms with van der Waals surface area (Å²) in [7, 11) is 0. The number of aliphatic hydroxyl groups excluding tert-OH is 1. The van der Waals surface area contributed by atoms with Crippen LogP contribution in [0.3, 0.4) is 0 Å². The van der Waals surface area contributed by atoms with Gasteiger partial charge >= 0.3 is 0 Å². The molecule has 0 bridgehead atoms. The first-order valence-electron chi connectivity index (χ1n) is 7.25. The van der Waals surface area contributed by atoms with Gasteiger partial charge in [0.15, 0.2) is 0 Å². The van der Waals surface area contributed by atoms with Gasteiger partial charge in [0.25, 0.3) is 0 Å². The molecule has 0 aromatic rings. The lowest BCUT2D eigenvalue weighted by atomic mass is 9.91. The van der Waals surface area contributed by atoms with Crippen molar-refractivity contribution in [1.82, 2.24) is 10.2 Å². The van der Waals surface area contributed by atoms with E-state index in [0.29, 0.717) is 18.0 Å². The lowest BCUT2D eigenvalue weighted by Gasteiger charge is -2.39. The maximum atomic E-state index is 12.1. The molecule has 1 aliphatic heterocycles. The molecule has 1 saturated heterocycles. The number of nitrogens with zero attached hydrogens (tertiary/aromatic N) is 1. The maximum Gasteiger partial charge on any atom is 0.225 e. The van der Waals surface area contributed by atoms with Crippen molar-refractivity contribution in [3.63, 3.8) is 0 Å². The summed E-state index contributed by atoms with van der Waals surface area (Å²) in [6.07, 6.45) is 4.46. The highest BCUT2D eigenvalue weighted by molar-refractivity contribution is 5.78. The van der Waals surface area contributed by atoms with Crippen LogP contribution in [0.15, 0.2) is 0 Å². The van der Waals surface area contributed by atoms with Crippen LogP contribution in [0, 0.1) is 11.8 Å². The van der Waals surface area contributed by atoms with E-state index in [2.05, 4.69) is 5.32 Å². The van der Waals surface area contributed by atoms with E-state index >= 15 is 0 Å². The van der Waals surface area contributed by atoms with E-state index in [4.69, 9.17) is 5.11 Å². The topological polar surface area (TPSA) is 52.6 Å². The third kappa shape index (κ3) is 3.69. The zero-order chi connectivity index (χ0) is 13.1. The SMILES string of the molecule is CC(C)C(=O)N1CC(CCO)CC(NC2CC2)C1. The molecule has 0 aromatic heterocycles. The molecule has 1 amide bonds. The molecular formula is C14H26N2O2. The smallest absolute Gasteiger partial charge is 0.225 e. The highest BCUT2D eigenvalue weighted by atomic mass is 16.3. The number of likely N-dealkylation sites (tertiary alicyclic amines) is 1. The van der Waals surface area contributed by atoms with Crippen molar-refractivity contribution in [2.75, 3.05) is 19.7 Å². The third-order valence-electron chi connectivity index (χ3n) is 3.93. The van der Waals surface area contributed by atoms with Gasteiger partial charge in [0.1, 0.15) is 0 Å². The van der Waals surface area contributed by atoms with Gasteiger partial charge in [0.2, 0.25) is 5.91 Å². The van der Waals surface area contributed by atoms with E-state index < -0.39 is 0 Å². The van der Waals surface area contributed by atoms with Crippen LogP contribution in [0.25, 0.3) is 0 Å². The van der Waals surface area contributed by atoms with Gasteiger partial charge in [-0.05, 0) is 31.6 Å². The molecular weight excluding hydrogens is 228 g/mol. The summed E-state index contributed by atoms with van der Waals surface area (Å²) >= 11 is 0. The van der Waals surface area contributed by atoms with E-state index in [1.807, 2.05) is 18.7 Å². The molecule has 0 aromatic carbocycles. The number of carbonyl (C=O) groups is 1. The van der Waals surface area contributed by atoms with Crippen molar-refractivity contribution in [2.24, 2.45) is 11.8 Å². The van der Waals surface area contributed by atoms with Crippen LogP contribution in [-0.2, 0) is 4.79 Å². The Morgan fingerprint density at radius 2 is 2.06 bits per heavy atom. The molecule has 2 fully saturated rings. The Bertz CT molecular complexity index is 290. The second-order valence-electron chi connectivity index (χ2n) is 6.15. The van der Waals surface area contributed by atoms with Crippen LogP contribution in [0.4, 0.5) is 0 Å². The average molecular weight is 254 g/mol. The van der Waals surface area contributed by atoms with Gasteiger partial charge in [-0.2, -0.15) is 0 Å². The second-order valence-corrected chi connectivity index (χ2v) is 6.15. The fourth-order valence-corrected chi connectivity index (χ4v) is 2.84. The Kier molecular flexibility index (Phi) is 4.62. The molecule has 1 aliphatic carbocycles. The molecule has 2 aliphatic rings. The summed E-state index contributed by atoms with van der Waals surface area (Å²) in [6, 6.07) is 1.10. The van der Waals surface area contributed by atoms with Gasteiger partial charge in [-0.3, -0.25) is 4.79 Å². The summed E-state index contributed by atoms with van der Waals surface area (Å²) < 4.78 is 0. The molecule has 0 spiro atoms. The van der Waals surface area contributed by atoms with Crippen molar-refractivity contribution in [2.45, 2.75) is 51.6 Å². The quantitative estimate of drug-likeness (QED) is 0.769. The first kappa shape index (κ1) is 13.8. The van der Waals surface area contributed by atoms with Gasteiger partial charge in [0, 0.05) is 37.7 Å². The number of carbonyl (C=O) groups excluding carboxylic acids is 1. The number of hydrogen-bond donors (Lipinski definition) is 2. The largest absolute Gasteiger partial charge is 0.396 e. The van der Waals surface area contributed by atoms with Crippen LogP contribution < -0.4 is 5.32 Å². The number of amides is 1. The van der Waals surface area contributed by atoms with Gasteiger partial charge in [-0.15, -0.1) is 0 Å². The van der Waals surface area contributed by atoms with Crippen molar-refractivity contribution in [3.05, 3.63) is 0 Å². The summed E-state index contributed by atoms with van der Waals surface area (Å²) in [6.45, 7) is 5.81. The normalized spacial score (nSPS) is 28.8. The Balaban J connectivity index is 1.93. The Hall–Kier alpha value is -0.610. The average Bonchev–Trinajstić information content (AvgIpc) is 3.12. The molecule has 18 heavy (non-hydrogen) atoms. The lowest BCUT2D eigenvalue weighted by Crippen LogP contribution is -2.52. The van der Waals surface area contributed by atoms with Crippen LogP contribution in [0.2, 0.25) is 0 Å². The molecule has 1 saturated carbocycles. The van der Waals surface area contributed by atoms with Gasteiger partial charge < -0.3 is 15.3 Å². The molecule has 2 unspecified atom stereocenters. The molecule has 4 heteroatoms. The second kappa shape index (κ2) is 6.02. The summed E-state index contributed by atoms with van der Waals surface area (Å²) in [5.74, 6) is 0.766. The molecule has 2 rings (SSSR count). The van der Waals surface area contributed by atoms with Crippen LogP contribution >= 0.6 is 0 Å². The summed E-state index contributed by atoms with van der Waals surface area (Å²) in [5, 5.41) is 12.7. The summed E-state index contributed by atoms with van der Waals surface area (Å²) in [4.78, 5) is 14.1. The van der Waals surface area contributed by atoms with Gasteiger partial charge in [-0.1, -0.05) is 13.8 Å². The number of nitrogens with one attached hydrogen (secondary N) is 1. The van der Waals surface area contributed by atoms with Crippen molar-refractivity contribution in [3.8, 4) is 0 Å². The zero-order valence-corrected chi connectivity index (χ0v) is 11.6. The minimum atomic E-state index is 0.0689. The minimum Gasteiger partial charge on any atom is -0.396 e. The first-order chi connectivity index (χ1) is 8.60. The predicted octanol–water partition coefficient (Wildman–Crippen LogP) is 0.994. The zero-order valence-electron chi connectivity index (χ0n) is 11.6. The van der Waals surface area contributed by atoms with E-state index in [9.17, 15) is 4.79 Å². The van der Waals surface area contributed by atoms with E-state index in [1.165, 1.54) is 12.8 Å². The predicted molar refractivity (Wildman–Crippen MR) is 71.2 cm³/mol. The molecule has 4 nitrogen and oxygen atoms in total. The van der Waals surface area contributed by atoms with Crippen LogP contribution in [-0.4, -0.2) is 47.7 Å². The van der Waals surface area contributed by atoms with E-state index in [1.54, 1.807) is 0 Å². The fraction of sp³-hybridized carbons (Fsp3) is 0.929. The number of hydrogen-bond acceptors (Lipinski definition) is 3.